The van der Waals surface area contributed by atoms with Crippen molar-refractivity contribution in [2.24, 2.45) is 0 Å². The third kappa shape index (κ3) is 4.03. The van der Waals surface area contributed by atoms with Crippen molar-refractivity contribution in [3.8, 4) is 0 Å². The molecule has 0 N–H and O–H groups in total. The van der Waals surface area contributed by atoms with Gasteiger partial charge in [-0.15, -0.1) is 22.7 Å². The maximum absolute atomic E-state index is 5.49. The fourth-order valence-corrected chi connectivity index (χ4v) is 3.71. The van der Waals surface area contributed by atoms with Crippen molar-refractivity contribution >= 4 is 22.7 Å². The summed E-state index contributed by atoms with van der Waals surface area (Å²) < 4.78 is 5.49. The predicted molar refractivity (Wildman–Crippen MR) is 87.5 cm³/mol. The van der Waals surface area contributed by atoms with Crippen molar-refractivity contribution in [1.82, 2.24) is 9.88 Å². The van der Waals surface area contributed by atoms with E-state index < -0.39 is 0 Å². The molecule has 0 unspecified atom stereocenters. The average molecular weight is 318 g/mol. The molecule has 3 heterocycles. The lowest BCUT2D eigenvalue weighted by atomic mass is 10.3. The van der Waals surface area contributed by atoms with E-state index in [-0.39, 0.29) is 0 Å². The predicted octanol–water partition coefficient (Wildman–Crippen LogP) is 4.56. The van der Waals surface area contributed by atoms with Gasteiger partial charge < -0.3 is 4.42 Å². The van der Waals surface area contributed by atoms with E-state index in [4.69, 9.17) is 4.42 Å². The molecule has 0 bridgehead atoms. The molecule has 0 radical (unpaired) electrons. The zero-order chi connectivity index (χ0) is 14.5. The highest BCUT2D eigenvalue weighted by molar-refractivity contribution is 7.10. The van der Waals surface area contributed by atoms with Crippen LogP contribution >= 0.6 is 22.7 Å². The highest BCUT2D eigenvalue weighted by Gasteiger charge is 2.12. The molecule has 0 spiro atoms. The molecule has 0 saturated carbocycles. The Morgan fingerprint density at radius 1 is 1.14 bits per heavy atom. The van der Waals surface area contributed by atoms with Gasteiger partial charge in [0, 0.05) is 23.3 Å². The number of nitrogens with zero attached hydrogens (tertiary/aromatic N) is 2. The molecule has 21 heavy (non-hydrogen) atoms. The standard InChI is InChI=1S/C16H18N2OS2/c1-2-16-17-13(12-21-16)9-18(10-14-5-3-7-19-14)11-15-6-4-8-20-15/h3-8,12H,2,9-11H2,1H3. The number of aryl methyl sites for hydroxylation is 1. The first-order valence-electron chi connectivity index (χ1n) is 7.04. The van der Waals surface area contributed by atoms with Gasteiger partial charge in [0.1, 0.15) is 5.76 Å². The zero-order valence-electron chi connectivity index (χ0n) is 12.0. The number of hydrogen-bond donors (Lipinski definition) is 0. The first kappa shape index (κ1) is 14.5. The van der Waals surface area contributed by atoms with E-state index in [0.717, 1.165) is 37.5 Å². The SMILES string of the molecule is CCc1nc(CN(Cc2ccco2)Cc2cccs2)cs1. The van der Waals surface area contributed by atoms with Gasteiger partial charge in [-0.05, 0) is 30.0 Å². The number of aromatic nitrogens is 1. The molecule has 0 aliphatic rings. The van der Waals surface area contributed by atoms with Crippen molar-refractivity contribution in [1.29, 1.82) is 0 Å². The van der Waals surface area contributed by atoms with Gasteiger partial charge in [0.05, 0.1) is 23.5 Å². The molecule has 0 aliphatic heterocycles. The van der Waals surface area contributed by atoms with Crippen molar-refractivity contribution in [3.05, 3.63) is 62.6 Å². The fourth-order valence-electron chi connectivity index (χ4n) is 2.23. The van der Waals surface area contributed by atoms with Gasteiger partial charge in [0.2, 0.25) is 0 Å². The summed E-state index contributed by atoms with van der Waals surface area (Å²) in [4.78, 5) is 8.42. The molecule has 3 aromatic heterocycles. The smallest absolute Gasteiger partial charge is 0.117 e. The Morgan fingerprint density at radius 2 is 2.10 bits per heavy atom. The quantitative estimate of drug-likeness (QED) is 0.639. The van der Waals surface area contributed by atoms with E-state index in [2.05, 4.69) is 39.7 Å². The van der Waals surface area contributed by atoms with E-state index in [1.807, 2.05) is 12.1 Å². The summed E-state index contributed by atoms with van der Waals surface area (Å²) in [5.41, 5.74) is 1.15. The Kier molecular flexibility index (Phi) is 4.85. The van der Waals surface area contributed by atoms with E-state index >= 15 is 0 Å². The highest BCUT2D eigenvalue weighted by atomic mass is 32.1. The number of furan rings is 1. The molecule has 3 nitrogen and oxygen atoms in total. The number of hydrogen-bond acceptors (Lipinski definition) is 5. The minimum absolute atomic E-state index is 0.809. The number of rotatable bonds is 7. The lowest BCUT2D eigenvalue weighted by Crippen LogP contribution is -2.21. The van der Waals surface area contributed by atoms with E-state index in [0.29, 0.717) is 0 Å². The van der Waals surface area contributed by atoms with E-state index in [1.165, 1.54) is 9.88 Å². The lowest BCUT2D eigenvalue weighted by molar-refractivity contribution is 0.226. The van der Waals surface area contributed by atoms with Crippen LogP contribution in [0.4, 0.5) is 0 Å². The van der Waals surface area contributed by atoms with Gasteiger partial charge in [-0.1, -0.05) is 13.0 Å². The molecule has 3 rings (SSSR count). The highest BCUT2D eigenvalue weighted by Crippen LogP contribution is 2.18. The van der Waals surface area contributed by atoms with Gasteiger partial charge in [0.15, 0.2) is 0 Å². The van der Waals surface area contributed by atoms with Crippen LogP contribution in [0, 0.1) is 0 Å². The van der Waals surface area contributed by atoms with Crippen LogP contribution in [0.5, 0.6) is 0 Å². The van der Waals surface area contributed by atoms with E-state index in [9.17, 15) is 0 Å². The first-order chi connectivity index (χ1) is 10.3. The van der Waals surface area contributed by atoms with Crippen molar-refractivity contribution in [3.63, 3.8) is 0 Å². The third-order valence-corrected chi connectivity index (χ3v) is 5.11. The Labute approximate surface area is 132 Å². The lowest BCUT2D eigenvalue weighted by Gasteiger charge is -2.19. The summed E-state index contributed by atoms with van der Waals surface area (Å²) in [5.74, 6) is 0.998. The maximum Gasteiger partial charge on any atom is 0.117 e. The topological polar surface area (TPSA) is 29.3 Å². The van der Waals surface area contributed by atoms with Crippen molar-refractivity contribution in [2.45, 2.75) is 33.0 Å². The molecule has 5 heteroatoms. The molecule has 0 atom stereocenters. The Hall–Kier alpha value is -1.43. The molecule has 110 valence electrons. The second-order valence-corrected chi connectivity index (χ2v) is 6.86. The normalized spacial score (nSPS) is 11.3. The summed E-state index contributed by atoms with van der Waals surface area (Å²) >= 11 is 3.54. The van der Waals surface area contributed by atoms with Crippen LogP contribution in [-0.4, -0.2) is 9.88 Å². The van der Waals surface area contributed by atoms with Gasteiger partial charge in [0.25, 0.3) is 0 Å². The van der Waals surface area contributed by atoms with Gasteiger partial charge >= 0.3 is 0 Å². The zero-order valence-corrected chi connectivity index (χ0v) is 13.6. The molecule has 0 aromatic carbocycles. The first-order valence-corrected chi connectivity index (χ1v) is 8.80. The van der Waals surface area contributed by atoms with Crippen LogP contribution < -0.4 is 0 Å². The van der Waals surface area contributed by atoms with Crippen LogP contribution in [0.1, 0.15) is 28.3 Å². The summed E-state index contributed by atoms with van der Waals surface area (Å²) in [6, 6.07) is 8.25. The molecule has 3 aromatic rings. The van der Waals surface area contributed by atoms with Gasteiger partial charge in [-0.3, -0.25) is 4.90 Å². The molecule has 0 aliphatic carbocycles. The minimum atomic E-state index is 0.809. The van der Waals surface area contributed by atoms with Crippen LogP contribution in [0.25, 0.3) is 0 Å². The molecule has 0 saturated heterocycles. The second-order valence-electron chi connectivity index (χ2n) is 4.89. The molecule has 0 amide bonds. The summed E-state index contributed by atoms with van der Waals surface area (Å²) in [6.45, 7) is 4.74. The van der Waals surface area contributed by atoms with Crippen LogP contribution in [-0.2, 0) is 26.1 Å². The number of thiophene rings is 1. The summed E-state index contributed by atoms with van der Waals surface area (Å²) in [7, 11) is 0. The average Bonchev–Trinajstić information content (AvgIpc) is 3.20. The Bertz CT molecular complexity index is 607. The van der Waals surface area contributed by atoms with Gasteiger partial charge in [-0.2, -0.15) is 0 Å². The van der Waals surface area contributed by atoms with Gasteiger partial charge in [-0.25, -0.2) is 4.98 Å². The minimum Gasteiger partial charge on any atom is -0.468 e. The summed E-state index contributed by atoms with van der Waals surface area (Å²) in [6.07, 6.45) is 2.74. The monoisotopic (exact) mass is 318 g/mol. The fraction of sp³-hybridized carbons (Fsp3) is 0.312. The third-order valence-electron chi connectivity index (χ3n) is 3.21. The van der Waals surface area contributed by atoms with Crippen molar-refractivity contribution in [2.75, 3.05) is 0 Å². The maximum atomic E-state index is 5.49. The largest absolute Gasteiger partial charge is 0.468 e. The van der Waals surface area contributed by atoms with Crippen molar-refractivity contribution < 1.29 is 4.42 Å². The van der Waals surface area contributed by atoms with Crippen LogP contribution in [0.2, 0.25) is 0 Å². The molecular formula is C16H18N2OS2. The molecule has 0 fully saturated rings. The number of thiazole rings is 1. The summed E-state index contributed by atoms with van der Waals surface area (Å²) in [5, 5.41) is 5.50. The van der Waals surface area contributed by atoms with E-state index in [1.54, 1.807) is 28.9 Å². The van der Waals surface area contributed by atoms with Crippen LogP contribution in [0.3, 0.4) is 0 Å². The Balaban J connectivity index is 1.71. The molecular weight excluding hydrogens is 300 g/mol. The van der Waals surface area contributed by atoms with Crippen LogP contribution in [0.15, 0.2) is 45.7 Å². The second kappa shape index (κ2) is 7.02. The Morgan fingerprint density at radius 3 is 2.76 bits per heavy atom.